The number of rotatable bonds is 1. The predicted octanol–water partition coefficient (Wildman–Crippen LogP) is 0.882. The van der Waals surface area contributed by atoms with Crippen molar-refractivity contribution >= 4 is 17.0 Å². The molecule has 72 valence electrons. The van der Waals surface area contributed by atoms with Gasteiger partial charge in [-0.1, -0.05) is 0 Å². The predicted molar refractivity (Wildman–Crippen MR) is 48.0 cm³/mol. The van der Waals surface area contributed by atoms with Crippen LogP contribution in [0.5, 0.6) is 0 Å². The van der Waals surface area contributed by atoms with Crippen molar-refractivity contribution in [1.82, 2.24) is 19.5 Å². The van der Waals surface area contributed by atoms with Gasteiger partial charge in [0.1, 0.15) is 5.52 Å². The van der Waals surface area contributed by atoms with Crippen molar-refractivity contribution in [2.45, 2.75) is 18.9 Å². The zero-order valence-corrected chi connectivity index (χ0v) is 7.31. The highest BCUT2D eigenvalue weighted by Crippen LogP contribution is 2.36. The average Bonchev–Trinajstić information content (AvgIpc) is 2.87. The summed E-state index contributed by atoms with van der Waals surface area (Å²) in [5.41, 5.74) is 6.51. The zero-order chi connectivity index (χ0) is 9.71. The monoisotopic (exact) mass is 193 g/mol. The maximum atomic E-state index is 12.9. The number of anilines is 1. The summed E-state index contributed by atoms with van der Waals surface area (Å²) in [6.07, 6.45) is 3.04. The van der Waals surface area contributed by atoms with Crippen LogP contribution in [0.4, 0.5) is 10.2 Å². The second kappa shape index (κ2) is 2.40. The second-order valence-corrected chi connectivity index (χ2v) is 3.43. The smallest absolute Gasteiger partial charge is 0.312 e. The first-order valence-corrected chi connectivity index (χ1v) is 4.41. The van der Waals surface area contributed by atoms with Crippen LogP contribution in [0.2, 0.25) is 0 Å². The van der Waals surface area contributed by atoms with Gasteiger partial charge in [0.15, 0.2) is 11.5 Å². The number of imidazole rings is 1. The van der Waals surface area contributed by atoms with Crippen molar-refractivity contribution in [2.24, 2.45) is 0 Å². The average molecular weight is 193 g/mol. The molecule has 0 bridgehead atoms. The van der Waals surface area contributed by atoms with Gasteiger partial charge in [0, 0.05) is 6.04 Å². The van der Waals surface area contributed by atoms with Crippen molar-refractivity contribution < 1.29 is 4.39 Å². The number of aromatic nitrogens is 4. The van der Waals surface area contributed by atoms with Gasteiger partial charge in [0.2, 0.25) is 0 Å². The van der Waals surface area contributed by atoms with E-state index in [1.165, 1.54) is 0 Å². The summed E-state index contributed by atoms with van der Waals surface area (Å²) in [5, 5.41) is 0. The Morgan fingerprint density at radius 1 is 1.43 bits per heavy atom. The molecule has 1 saturated carbocycles. The second-order valence-electron chi connectivity index (χ2n) is 3.43. The summed E-state index contributed by atoms with van der Waals surface area (Å²) in [4.78, 5) is 11.2. The van der Waals surface area contributed by atoms with Crippen LogP contribution in [0, 0.1) is 6.08 Å². The highest BCUT2D eigenvalue weighted by Gasteiger charge is 2.26. The normalized spacial score (nSPS) is 16.4. The van der Waals surface area contributed by atoms with Gasteiger partial charge in [0.25, 0.3) is 0 Å². The third kappa shape index (κ3) is 0.966. The van der Waals surface area contributed by atoms with E-state index in [1.54, 1.807) is 6.33 Å². The van der Waals surface area contributed by atoms with E-state index in [0.29, 0.717) is 17.2 Å². The molecule has 2 heterocycles. The lowest BCUT2D eigenvalue weighted by atomic mass is 10.5. The number of fused-ring (bicyclic) bond motifs is 1. The molecule has 14 heavy (non-hydrogen) atoms. The Kier molecular flexibility index (Phi) is 1.31. The number of hydrogen-bond donors (Lipinski definition) is 1. The van der Waals surface area contributed by atoms with Crippen molar-refractivity contribution in [1.29, 1.82) is 0 Å². The van der Waals surface area contributed by atoms with Crippen LogP contribution in [0.1, 0.15) is 18.9 Å². The number of halogens is 1. The number of hydrogen-bond acceptors (Lipinski definition) is 4. The van der Waals surface area contributed by atoms with Crippen LogP contribution in [0.15, 0.2) is 6.33 Å². The fourth-order valence-corrected chi connectivity index (χ4v) is 1.53. The van der Waals surface area contributed by atoms with Gasteiger partial charge in [-0.3, -0.25) is 0 Å². The molecule has 1 aliphatic carbocycles. The molecule has 0 unspecified atom stereocenters. The molecule has 0 amide bonds. The minimum Gasteiger partial charge on any atom is -0.382 e. The molecular weight excluding hydrogens is 185 g/mol. The van der Waals surface area contributed by atoms with Gasteiger partial charge in [-0.15, -0.1) is 0 Å². The standard InChI is InChI=1S/C8H8FN5/c9-8-12-6(10)5-7(13-8)14(3-11-5)4-1-2-4/h3-4H,1-2H2,(H2,10,12,13). The van der Waals surface area contributed by atoms with Crippen LogP contribution in [0.3, 0.4) is 0 Å². The molecule has 2 aromatic heterocycles. The lowest BCUT2D eigenvalue weighted by Crippen LogP contribution is -2.00. The molecule has 5 nitrogen and oxygen atoms in total. The first-order chi connectivity index (χ1) is 6.75. The lowest BCUT2D eigenvalue weighted by Gasteiger charge is -1.99. The van der Waals surface area contributed by atoms with Gasteiger partial charge >= 0.3 is 6.08 Å². The zero-order valence-electron chi connectivity index (χ0n) is 7.31. The van der Waals surface area contributed by atoms with Crippen molar-refractivity contribution in [3.05, 3.63) is 12.4 Å². The maximum absolute atomic E-state index is 12.9. The Morgan fingerprint density at radius 3 is 2.93 bits per heavy atom. The molecule has 0 aromatic carbocycles. The lowest BCUT2D eigenvalue weighted by molar-refractivity contribution is 0.543. The van der Waals surface area contributed by atoms with Gasteiger partial charge in [-0.05, 0) is 12.8 Å². The van der Waals surface area contributed by atoms with E-state index in [2.05, 4.69) is 15.0 Å². The Morgan fingerprint density at radius 2 is 2.21 bits per heavy atom. The highest BCUT2D eigenvalue weighted by molar-refractivity contribution is 5.81. The van der Waals surface area contributed by atoms with Gasteiger partial charge in [0.05, 0.1) is 6.33 Å². The van der Waals surface area contributed by atoms with Gasteiger partial charge in [-0.25, -0.2) is 4.98 Å². The molecular formula is C8H8FN5. The van der Waals surface area contributed by atoms with E-state index in [1.807, 2.05) is 4.57 Å². The van der Waals surface area contributed by atoms with E-state index in [-0.39, 0.29) is 5.82 Å². The third-order valence-electron chi connectivity index (χ3n) is 2.36. The van der Waals surface area contributed by atoms with E-state index in [0.717, 1.165) is 12.8 Å². The van der Waals surface area contributed by atoms with Crippen LogP contribution >= 0.6 is 0 Å². The molecule has 0 saturated heterocycles. The summed E-state index contributed by atoms with van der Waals surface area (Å²) < 4.78 is 14.8. The Hall–Kier alpha value is -1.72. The number of nitrogens with two attached hydrogens (primary N) is 1. The molecule has 6 heteroatoms. The summed E-state index contributed by atoms with van der Waals surface area (Å²) in [6.45, 7) is 0. The first kappa shape index (κ1) is 7.66. The van der Waals surface area contributed by atoms with Crippen LogP contribution in [-0.4, -0.2) is 19.5 Å². The fraction of sp³-hybridized carbons (Fsp3) is 0.375. The molecule has 0 atom stereocenters. The van der Waals surface area contributed by atoms with E-state index < -0.39 is 6.08 Å². The van der Waals surface area contributed by atoms with Crippen LogP contribution in [-0.2, 0) is 0 Å². The number of nitrogens with zero attached hydrogens (tertiary/aromatic N) is 4. The van der Waals surface area contributed by atoms with E-state index in [4.69, 9.17) is 5.73 Å². The molecule has 0 radical (unpaired) electrons. The quantitative estimate of drug-likeness (QED) is 0.682. The molecule has 2 aromatic rings. The summed E-state index contributed by atoms with van der Waals surface area (Å²) in [5.74, 6) is 0.104. The Labute approximate surface area is 78.8 Å². The summed E-state index contributed by atoms with van der Waals surface area (Å²) >= 11 is 0. The highest BCUT2D eigenvalue weighted by atomic mass is 19.1. The topological polar surface area (TPSA) is 69.6 Å². The Bertz CT molecular complexity index is 502. The minimum absolute atomic E-state index is 0.104. The van der Waals surface area contributed by atoms with Crippen molar-refractivity contribution in [3.63, 3.8) is 0 Å². The van der Waals surface area contributed by atoms with Gasteiger partial charge in [-0.2, -0.15) is 14.4 Å². The first-order valence-electron chi connectivity index (χ1n) is 4.41. The third-order valence-corrected chi connectivity index (χ3v) is 2.36. The number of nitrogen functional groups attached to an aromatic ring is 1. The van der Waals surface area contributed by atoms with Crippen LogP contribution < -0.4 is 5.73 Å². The summed E-state index contributed by atoms with van der Waals surface area (Å²) in [7, 11) is 0. The fourth-order valence-electron chi connectivity index (χ4n) is 1.53. The van der Waals surface area contributed by atoms with Crippen molar-refractivity contribution in [3.8, 4) is 0 Å². The van der Waals surface area contributed by atoms with E-state index in [9.17, 15) is 4.39 Å². The summed E-state index contributed by atoms with van der Waals surface area (Å²) in [6, 6.07) is 0.411. The molecule has 2 N–H and O–H groups in total. The molecule has 3 rings (SSSR count). The molecule has 1 fully saturated rings. The Balaban J connectivity index is 2.33. The van der Waals surface area contributed by atoms with Crippen molar-refractivity contribution in [2.75, 3.05) is 5.73 Å². The van der Waals surface area contributed by atoms with E-state index >= 15 is 0 Å². The van der Waals surface area contributed by atoms with Crippen LogP contribution in [0.25, 0.3) is 11.2 Å². The largest absolute Gasteiger partial charge is 0.382 e. The SMILES string of the molecule is Nc1nc(F)nc2c1ncn2C1CC1. The maximum Gasteiger partial charge on any atom is 0.312 e. The minimum atomic E-state index is -0.794. The molecule has 0 aliphatic heterocycles. The van der Waals surface area contributed by atoms with Gasteiger partial charge < -0.3 is 10.3 Å². The molecule has 0 spiro atoms. The molecule has 1 aliphatic rings.